The molecule has 1 amide bonds. The van der Waals surface area contributed by atoms with Gasteiger partial charge in [-0.05, 0) is 37.1 Å². The molecule has 6 nitrogen and oxygen atoms in total. The average molecular weight is 436 g/mol. The van der Waals surface area contributed by atoms with E-state index < -0.39 is 5.54 Å². The number of para-hydroxylation sites is 1. The van der Waals surface area contributed by atoms with E-state index in [0.29, 0.717) is 19.6 Å². The van der Waals surface area contributed by atoms with E-state index in [1.54, 1.807) is 11.3 Å². The quantitative estimate of drug-likeness (QED) is 0.644. The number of thiazole rings is 1. The molecule has 2 aromatic carbocycles. The third-order valence-electron chi connectivity index (χ3n) is 6.23. The molecule has 1 atom stereocenters. The number of aliphatic hydroxyl groups excluding tert-OH is 1. The molecule has 7 heteroatoms. The minimum absolute atomic E-state index is 0.00722. The van der Waals surface area contributed by atoms with Gasteiger partial charge in [-0.25, -0.2) is 4.98 Å². The normalized spacial score (nSPS) is 19.6. The van der Waals surface area contributed by atoms with Crippen LogP contribution in [0.25, 0.3) is 11.3 Å². The Morgan fingerprint density at radius 3 is 3.00 bits per heavy atom. The molecule has 0 radical (unpaired) electrons. The second-order valence-corrected chi connectivity index (χ2v) is 9.14. The average Bonchev–Trinajstić information content (AvgIpc) is 3.43. The number of hydrogen-bond donors (Lipinski definition) is 2. The first-order chi connectivity index (χ1) is 15.1. The Morgan fingerprint density at radius 1 is 1.32 bits per heavy atom. The van der Waals surface area contributed by atoms with E-state index in [-0.39, 0.29) is 19.1 Å². The summed E-state index contributed by atoms with van der Waals surface area (Å²) in [5.41, 5.74) is 4.45. The molecule has 0 bridgehead atoms. The molecule has 1 aromatic heterocycles. The van der Waals surface area contributed by atoms with E-state index in [9.17, 15) is 9.90 Å². The summed E-state index contributed by atoms with van der Waals surface area (Å²) in [6.45, 7) is 3.24. The molecular weight excluding hydrogens is 410 g/mol. The number of aryl methyl sites for hydroxylation is 1. The van der Waals surface area contributed by atoms with Crippen LogP contribution in [0.5, 0.6) is 5.75 Å². The van der Waals surface area contributed by atoms with Crippen molar-refractivity contribution in [3.8, 4) is 17.0 Å². The molecule has 0 fully saturated rings. The lowest BCUT2D eigenvalue weighted by Gasteiger charge is -2.38. The summed E-state index contributed by atoms with van der Waals surface area (Å²) in [5, 5.41) is 16.7. The van der Waals surface area contributed by atoms with E-state index >= 15 is 0 Å². The highest BCUT2D eigenvalue weighted by molar-refractivity contribution is 7.09. The predicted molar refractivity (Wildman–Crippen MR) is 122 cm³/mol. The Morgan fingerprint density at radius 2 is 2.19 bits per heavy atom. The number of rotatable bonds is 5. The second-order valence-electron chi connectivity index (χ2n) is 8.08. The third-order valence-corrected chi connectivity index (χ3v) is 7.00. The fraction of sp³-hybridized carbons (Fsp3) is 0.333. The number of amides is 1. The van der Waals surface area contributed by atoms with Crippen LogP contribution in [0.3, 0.4) is 0 Å². The zero-order chi connectivity index (χ0) is 21.4. The molecule has 2 aliphatic rings. The number of nitrogens with zero attached hydrogens (tertiary/aromatic N) is 2. The van der Waals surface area contributed by atoms with Crippen LogP contribution in [0.15, 0.2) is 47.8 Å². The first-order valence-corrected chi connectivity index (χ1v) is 11.4. The van der Waals surface area contributed by atoms with Crippen LogP contribution >= 0.6 is 11.3 Å². The maximum absolute atomic E-state index is 13.1. The zero-order valence-electron chi connectivity index (χ0n) is 17.4. The lowest BCUT2D eigenvalue weighted by Crippen LogP contribution is -2.52. The van der Waals surface area contributed by atoms with Crippen molar-refractivity contribution in [2.45, 2.75) is 25.3 Å². The molecule has 2 aliphatic heterocycles. The van der Waals surface area contributed by atoms with Crippen LogP contribution in [-0.4, -0.2) is 42.3 Å². The highest BCUT2D eigenvalue weighted by Gasteiger charge is 2.38. The molecule has 0 unspecified atom stereocenters. The van der Waals surface area contributed by atoms with Crippen molar-refractivity contribution in [2.24, 2.45) is 0 Å². The lowest BCUT2D eigenvalue weighted by atomic mass is 9.85. The van der Waals surface area contributed by atoms with E-state index in [0.717, 1.165) is 39.7 Å². The largest absolute Gasteiger partial charge is 0.493 e. The standard InChI is InChI=1S/C24H25N3O3S/c1-16-26-20(14-31-16)17-6-7-21-18(12-17)8-10-27(21)23(29)13-25-24(15-28)9-11-30-22-5-3-2-4-19(22)24/h2-7,12,14,25,28H,8-11,13,15H2,1H3/t24-/m1/s1. The minimum Gasteiger partial charge on any atom is -0.493 e. The maximum atomic E-state index is 13.1. The van der Waals surface area contributed by atoms with Crippen LogP contribution in [-0.2, 0) is 16.8 Å². The number of fused-ring (bicyclic) bond motifs is 2. The number of nitrogens with one attached hydrogen (secondary N) is 1. The molecule has 3 aromatic rings. The van der Waals surface area contributed by atoms with Gasteiger partial charge < -0.3 is 14.7 Å². The van der Waals surface area contributed by atoms with Crippen molar-refractivity contribution in [3.63, 3.8) is 0 Å². The third kappa shape index (κ3) is 3.63. The first kappa shape index (κ1) is 20.2. The van der Waals surface area contributed by atoms with E-state index in [1.165, 1.54) is 5.56 Å². The van der Waals surface area contributed by atoms with Gasteiger partial charge in [0.2, 0.25) is 5.91 Å². The molecule has 0 saturated heterocycles. The van der Waals surface area contributed by atoms with Crippen LogP contribution in [0, 0.1) is 6.92 Å². The fourth-order valence-corrected chi connectivity index (χ4v) is 5.14. The Kier molecular flexibility index (Phi) is 5.25. The maximum Gasteiger partial charge on any atom is 0.240 e. The number of aromatic nitrogens is 1. The highest BCUT2D eigenvalue weighted by Crippen LogP contribution is 2.37. The van der Waals surface area contributed by atoms with Crippen LogP contribution in [0.1, 0.15) is 22.6 Å². The van der Waals surface area contributed by atoms with E-state index in [4.69, 9.17) is 4.74 Å². The molecule has 0 spiro atoms. The summed E-state index contributed by atoms with van der Waals surface area (Å²) in [7, 11) is 0. The SMILES string of the molecule is Cc1nc(-c2ccc3c(c2)CCN3C(=O)CN[C@@]2(CO)CCOc3ccccc32)cs1. The predicted octanol–water partition coefficient (Wildman–Crippen LogP) is 3.27. The van der Waals surface area contributed by atoms with Gasteiger partial charge in [0.05, 0.1) is 36.0 Å². The van der Waals surface area contributed by atoms with Crippen molar-refractivity contribution in [2.75, 3.05) is 31.2 Å². The molecule has 3 heterocycles. The summed E-state index contributed by atoms with van der Waals surface area (Å²) < 4.78 is 5.73. The first-order valence-electron chi connectivity index (χ1n) is 10.5. The summed E-state index contributed by atoms with van der Waals surface area (Å²) in [6, 6.07) is 13.9. The van der Waals surface area contributed by atoms with Crippen molar-refractivity contribution >= 4 is 22.9 Å². The Balaban J connectivity index is 1.33. The number of benzene rings is 2. The topological polar surface area (TPSA) is 74.7 Å². The van der Waals surface area contributed by atoms with Gasteiger partial charge in [0.25, 0.3) is 0 Å². The van der Waals surface area contributed by atoms with Gasteiger partial charge in [-0.2, -0.15) is 0 Å². The molecule has 31 heavy (non-hydrogen) atoms. The summed E-state index contributed by atoms with van der Waals surface area (Å²) in [5.74, 6) is 0.770. The van der Waals surface area contributed by atoms with Gasteiger partial charge in [-0.1, -0.05) is 24.3 Å². The number of carbonyl (C=O) groups excluding carboxylic acids is 1. The summed E-state index contributed by atoms with van der Waals surface area (Å²) >= 11 is 1.64. The minimum atomic E-state index is -0.667. The fourth-order valence-electron chi connectivity index (χ4n) is 4.52. The Bertz CT molecular complexity index is 1130. The Hall–Kier alpha value is -2.74. The van der Waals surface area contributed by atoms with Gasteiger partial charge >= 0.3 is 0 Å². The monoisotopic (exact) mass is 435 g/mol. The zero-order valence-corrected chi connectivity index (χ0v) is 18.2. The summed E-state index contributed by atoms with van der Waals surface area (Å²) in [6.07, 6.45) is 1.45. The lowest BCUT2D eigenvalue weighted by molar-refractivity contribution is -0.118. The van der Waals surface area contributed by atoms with Gasteiger partial charge in [0.1, 0.15) is 5.75 Å². The van der Waals surface area contributed by atoms with Gasteiger partial charge in [0, 0.05) is 35.2 Å². The number of carbonyl (C=O) groups is 1. The van der Waals surface area contributed by atoms with Crippen molar-refractivity contribution in [1.29, 1.82) is 0 Å². The molecular formula is C24H25N3O3S. The van der Waals surface area contributed by atoms with Gasteiger partial charge in [-0.3, -0.25) is 10.1 Å². The molecule has 0 aliphatic carbocycles. The molecule has 0 saturated carbocycles. The smallest absolute Gasteiger partial charge is 0.240 e. The van der Waals surface area contributed by atoms with Crippen molar-refractivity contribution in [3.05, 3.63) is 64.0 Å². The van der Waals surface area contributed by atoms with Gasteiger partial charge in [0.15, 0.2) is 0 Å². The number of hydrogen-bond acceptors (Lipinski definition) is 6. The van der Waals surface area contributed by atoms with Crippen LogP contribution in [0.2, 0.25) is 0 Å². The second kappa shape index (κ2) is 8.07. The Labute approximate surface area is 185 Å². The highest BCUT2D eigenvalue weighted by atomic mass is 32.1. The number of ether oxygens (including phenoxy) is 1. The van der Waals surface area contributed by atoms with Gasteiger partial charge in [-0.15, -0.1) is 11.3 Å². The van der Waals surface area contributed by atoms with Crippen molar-refractivity contribution in [1.82, 2.24) is 10.3 Å². The van der Waals surface area contributed by atoms with Crippen LogP contribution in [0.4, 0.5) is 5.69 Å². The van der Waals surface area contributed by atoms with E-state index in [2.05, 4.69) is 21.7 Å². The van der Waals surface area contributed by atoms with E-state index in [1.807, 2.05) is 48.2 Å². The molecule has 5 rings (SSSR count). The number of anilines is 1. The summed E-state index contributed by atoms with van der Waals surface area (Å²) in [4.78, 5) is 19.5. The van der Waals surface area contributed by atoms with Crippen LogP contribution < -0.4 is 15.0 Å². The van der Waals surface area contributed by atoms with Crippen molar-refractivity contribution < 1.29 is 14.6 Å². The molecule has 160 valence electrons. The number of aliphatic hydroxyl groups is 1. The molecule has 2 N–H and O–H groups in total.